The lowest BCUT2D eigenvalue weighted by Crippen LogP contribution is -1.89. The molecule has 0 bridgehead atoms. The van der Waals surface area contributed by atoms with Crippen LogP contribution in [0.1, 0.15) is 6.92 Å². The van der Waals surface area contributed by atoms with Crippen LogP contribution in [0.25, 0.3) is 0 Å². The SMILES string of the molecule is CC#CC#C/C=C1/C=CC(=O)O1. The van der Waals surface area contributed by atoms with E-state index in [0.29, 0.717) is 5.76 Å². The summed E-state index contributed by atoms with van der Waals surface area (Å²) in [6, 6.07) is 0. The van der Waals surface area contributed by atoms with Crippen molar-refractivity contribution in [1.29, 1.82) is 0 Å². The molecule has 58 valence electrons. The quantitative estimate of drug-likeness (QED) is 0.388. The second-order valence-electron chi connectivity index (χ2n) is 1.95. The fourth-order valence-corrected chi connectivity index (χ4v) is 0.618. The van der Waals surface area contributed by atoms with Gasteiger partial charge in [0.25, 0.3) is 0 Å². The summed E-state index contributed by atoms with van der Waals surface area (Å²) in [7, 11) is 0. The van der Waals surface area contributed by atoms with Crippen molar-refractivity contribution in [2.75, 3.05) is 0 Å². The lowest BCUT2D eigenvalue weighted by atomic mass is 10.4. The zero-order chi connectivity index (χ0) is 8.81. The molecule has 0 N–H and O–H groups in total. The van der Waals surface area contributed by atoms with Gasteiger partial charge in [-0.1, -0.05) is 11.8 Å². The predicted molar refractivity (Wildman–Crippen MR) is 44.5 cm³/mol. The van der Waals surface area contributed by atoms with Gasteiger partial charge >= 0.3 is 5.97 Å². The van der Waals surface area contributed by atoms with Crippen LogP contribution in [-0.4, -0.2) is 5.97 Å². The van der Waals surface area contributed by atoms with Crippen LogP contribution in [0.4, 0.5) is 0 Å². The largest absolute Gasteiger partial charge is 0.423 e. The average molecular weight is 158 g/mol. The first kappa shape index (κ1) is 8.17. The van der Waals surface area contributed by atoms with Crippen molar-refractivity contribution in [3.05, 3.63) is 24.0 Å². The maximum absolute atomic E-state index is 10.5. The molecule has 0 aromatic carbocycles. The number of hydrogen-bond acceptors (Lipinski definition) is 2. The minimum atomic E-state index is -0.357. The average Bonchev–Trinajstić information content (AvgIpc) is 2.45. The summed E-state index contributed by atoms with van der Waals surface area (Å²) in [5.74, 6) is 10.5. The Kier molecular flexibility index (Phi) is 2.76. The van der Waals surface area contributed by atoms with Gasteiger partial charge in [0.05, 0.1) is 0 Å². The van der Waals surface area contributed by atoms with E-state index in [0.717, 1.165) is 0 Å². The monoisotopic (exact) mass is 158 g/mol. The standard InChI is InChI=1S/C10H6O2/c1-2-3-4-5-6-9-7-8-10(11)12-9/h6-8H,1H3/b9-6-. The number of carbonyl (C=O) groups excluding carboxylic acids is 1. The van der Waals surface area contributed by atoms with Gasteiger partial charge in [-0.15, -0.1) is 0 Å². The maximum atomic E-state index is 10.5. The molecule has 0 unspecified atom stereocenters. The fraction of sp³-hybridized carbons (Fsp3) is 0.100. The lowest BCUT2D eigenvalue weighted by molar-refractivity contribution is -0.132. The van der Waals surface area contributed by atoms with Crippen LogP contribution in [0, 0.1) is 23.7 Å². The minimum Gasteiger partial charge on any atom is -0.423 e. The van der Waals surface area contributed by atoms with Crippen LogP contribution in [0.3, 0.4) is 0 Å². The van der Waals surface area contributed by atoms with Crippen LogP contribution in [0.2, 0.25) is 0 Å². The molecule has 0 aliphatic carbocycles. The minimum absolute atomic E-state index is 0.357. The van der Waals surface area contributed by atoms with Gasteiger partial charge in [0.15, 0.2) is 0 Å². The molecule has 1 rings (SSSR count). The molecule has 1 heterocycles. The van der Waals surface area contributed by atoms with Crippen LogP contribution in [0.15, 0.2) is 24.0 Å². The number of rotatable bonds is 0. The molecule has 0 saturated heterocycles. The first-order valence-electron chi connectivity index (χ1n) is 3.35. The number of esters is 1. The third-order valence-corrected chi connectivity index (χ3v) is 1.08. The van der Waals surface area contributed by atoms with Crippen LogP contribution in [-0.2, 0) is 9.53 Å². The number of hydrogen-bond donors (Lipinski definition) is 0. The van der Waals surface area contributed by atoms with E-state index < -0.39 is 0 Å². The fourth-order valence-electron chi connectivity index (χ4n) is 0.618. The van der Waals surface area contributed by atoms with Gasteiger partial charge in [0, 0.05) is 12.2 Å². The third kappa shape index (κ3) is 2.36. The second kappa shape index (κ2) is 4.05. The molecular formula is C10H6O2. The Morgan fingerprint density at radius 2 is 2.25 bits per heavy atom. The summed E-state index contributed by atoms with van der Waals surface area (Å²) >= 11 is 0. The summed E-state index contributed by atoms with van der Waals surface area (Å²) in [5.41, 5.74) is 0. The topological polar surface area (TPSA) is 26.3 Å². The molecule has 0 radical (unpaired) electrons. The Morgan fingerprint density at radius 3 is 2.83 bits per heavy atom. The number of carbonyl (C=O) groups is 1. The molecule has 0 saturated carbocycles. The van der Waals surface area contributed by atoms with Crippen LogP contribution < -0.4 is 0 Å². The van der Waals surface area contributed by atoms with Gasteiger partial charge in [-0.25, -0.2) is 4.79 Å². The Balaban J connectivity index is 2.60. The molecule has 0 fully saturated rings. The Morgan fingerprint density at radius 1 is 1.42 bits per heavy atom. The highest BCUT2D eigenvalue weighted by Gasteiger charge is 2.07. The van der Waals surface area contributed by atoms with Crippen molar-refractivity contribution in [3.63, 3.8) is 0 Å². The van der Waals surface area contributed by atoms with Crippen LogP contribution in [0.5, 0.6) is 0 Å². The van der Waals surface area contributed by atoms with E-state index in [-0.39, 0.29) is 5.97 Å². The molecule has 0 aromatic rings. The first-order valence-corrected chi connectivity index (χ1v) is 3.35. The van der Waals surface area contributed by atoms with Crippen molar-refractivity contribution in [2.24, 2.45) is 0 Å². The highest BCUT2D eigenvalue weighted by Crippen LogP contribution is 2.07. The molecule has 12 heavy (non-hydrogen) atoms. The normalized spacial score (nSPS) is 16.1. The Hall–Kier alpha value is -1.93. The zero-order valence-corrected chi connectivity index (χ0v) is 6.55. The van der Waals surface area contributed by atoms with E-state index in [4.69, 9.17) is 4.74 Å². The van der Waals surface area contributed by atoms with Gasteiger partial charge in [-0.3, -0.25) is 0 Å². The number of ether oxygens (including phenoxy) is 1. The third-order valence-electron chi connectivity index (χ3n) is 1.08. The molecule has 0 amide bonds. The highest BCUT2D eigenvalue weighted by molar-refractivity contribution is 5.86. The summed E-state index contributed by atoms with van der Waals surface area (Å²) in [4.78, 5) is 10.5. The van der Waals surface area contributed by atoms with Gasteiger partial charge in [-0.2, -0.15) is 0 Å². The van der Waals surface area contributed by atoms with E-state index in [2.05, 4.69) is 23.7 Å². The van der Waals surface area contributed by atoms with Crippen molar-refractivity contribution in [1.82, 2.24) is 0 Å². The van der Waals surface area contributed by atoms with Gasteiger partial charge in [0.1, 0.15) is 5.76 Å². The van der Waals surface area contributed by atoms with Gasteiger partial charge < -0.3 is 4.74 Å². The molecular weight excluding hydrogens is 152 g/mol. The van der Waals surface area contributed by atoms with Crippen molar-refractivity contribution < 1.29 is 9.53 Å². The van der Waals surface area contributed by atoms with E-state index in [1.807, 2.05) is 0 Å². The Bertz CT molecular complexity index is 364. The Labute approximate surface area is 70.9 Å². The molecule has 2 heteroatoms. The second-order valence-corrected chi connectivity index (χ2v) is 1.95. The molecule has 2 nitrogen and oxygen atoms in total. The molecule has 0 spiro atoms. The van der Waals surface area contributed by atoms with Crippen molar-refractivity contribution in [2.45, 2.75) is 6.92 Å². The van der Waals surface area contributed by atoms with Crippen LogP contribution >= 0.6 is 0 Å². The van der Waals surface area contributed by atoms with Crippen molar-refractivity contribution in [3.8, 4) is 23.7 Å². The predicted octanol–water partition coefficient (Wildman–Crippen LogP) is 1.01. The number of allylic oxidation sites excluding steroid dienone is 2. The molecule has 0 aromatic heterocycles. The summed E-state index contributed by atoms with van der Waals surface area (Å²) < 4.78 is 4.70. The highest BCUT2D eigenvalue weighted by atomic mass is 16.5. The molecule has 1 aliphatic heterocycles. The smallest absolute Gasteiger partial charge is 0.336 e. The summed E-state index contributed by atoms with van der Waals surface area (Å²) in [6.45, 7) is 1.71. The van der Waals surface area contributed by atoms with Gasteiger partial charge in [-0.05, 0) is 24.8 Å². The molecule has 1 aliphatic rings. The number of cyclic esters (lactones) is 1. The van der Waals surface area contributed by atoms with E-state index in [1.54, 1.807) is 13.0 Å². The van der Waals surface area contributed by atoms with Gasteiger partial charge in [0.2, 0.25) is 0 Å². The van der Waals surface area contributed by atoms with E-state index in [1.165, 1.54) is 12.2 Å². The lowest BCUT2D eigenvalue weighted by Gasteiger charge is -1.88. The van der Waals surface area contributed by atoms with E-state index >= 15 is 0 Å². The summed E-state index contributed by atoms with van der Waals surface area (Å²) in [5, 5.41) is 0. The van der Waals surface area contributed by atoms with E-state index in [9.17, 15) is 4.79 Å². The maximum Gasteiger partial charge on any atom is 0.336 e. The summed E-state index contributed by atoms with van der Waals surface area (Å²) in [6.07, 6.45) is 4.42. The zero-order valence-electron chi connectivity index (χ0n) is 6.55. The van der Waals surface area contributed by atoms with Crippen molar-refractivity contribution >= 4 is 5.97 Å². The first-order chi connectivity index (χ1) is 5.83. The molecule has 0 atom stereocenters.